The number of aryl methyl sites for hydroxylation is 2. The van der Waals surface area contributed by atoms with Crippen LogP contribution in [-0.2, 0) is 0 Å². The summed E-state index contributed by atoms with van der Waals surface area (Å²) in [6.45, 7) is 4.17. The number of benzene rings is 1. The predicted molar refractivity (Wildman–Crippen MR) is 91.4 cm³/mol. The fourth-order valence-corrected chi connectivity index (χ4v) is 5.38. The highest BCUT2D eigenvalue weighted by atomic mass is 79.9. The van der Waals surface area contributed by atoms with E-state index in [4.69, 9.17) is 11.6 Å². The summed E-state index contributed by atoms with van der Waals surface area (Å²) >= 11 is 13.7. The van der Waals surface area contributed by atoms with Crippen LogP contribution in [0.15, 0.2) is 29.6 Å². The van der Waals surface area contributed by atoms with E-state index in [9.17, 15) is 0 Å². The van der Waals surface area contributed by atoms with Crippen molar-refractivity contribution in [2.45, 2.75) is 18.7 Å². The summed E-state index contributed by atoms with van der Waals surface area (Å²) in [5, 5.41) is 2.99. The minimum Gasteiger partial charge on any atom is -0.143 e. The van der Waals surface area contributed by atoms with E-state index in [1.54, 1.807) is 11.3 Å². The quantitative estimate of drug-likeness (QED) is 0.439. The van der Waals surface area contributed by atoms with Gasteiger partial charge in [0.15, 0.2) is 0 Å². The molecule has 0 spiro atoms. The molecular weight excluding hydrogens is 360 g/mol. The molecule has 0 aliphatic rings. The second-order valence-corrected chi connectivity index (χ2v) is 8.00. The predicted octanol–water partition coefficient (Wildman–Crippen LogP) is 6.72. The summed E-state index contributed by atoms with van der Waals surface area (Å²) in [6.07, 6.45) is 0. The zero-order valence-electron chi connectivity index (χ0n) is 10.5. The van der Waals surface area contributed by atoms with Gasteiger partial charge in [-0.25, -0.2) is 0 Å². The summed E-state index contributed by atoms with van der Waals surface area (Å²) in [5.74, 6) is 0. The molecule has 0 aliphatic carbocycles. The highest BCUT2D eigenvalue weighted by Gasteiger charge is 2.17. The van der Waals surface area contributed by atoms with Crippen LogP contribution in [-0.4, -0.2) is 0 Å². The SMILES string of the molecule is Cc1cc(C(Br)c2cc3sccc3s2)c(C)cc1Cl. The van der Waals surface area contributed by atoms with Crippen LogP contribution < -0.4 is 0 Å². The van der Waals surface area contributed by atoms with E-state index < -0.39 is 0 Å². The maximum Gasteiger partial charge on any atom is 0.0741 e. The summed E-state index contributed by atoms with van der Waals surface area (Å²) in [4.78, 5) is 1.60. The third kappa shape index (κ3) is 2.49. The van der Waals surface area contributed by atoms with Crippen molar-refractivity contribution in [1.29, 1.82) is 0 Å². The van der Waals surface area contributed by atoms with Crippen molar-refractivity contribution in [2.75, 3.05) is 0 Å². The minimum atomic E-state index is 0.244. The zero-order valence-corrected chi connectivity index (χ0v) is 14.5. The number of rotatable bonds is 2. The molecule has 3 aromatic rings. The fraction of sp³-hybridized carbons (Fsp3) is 0.200. The second-order valence-electron chi connectivity index (χ2n) is 4.62. The summed E-state index contributed by atoms with van der Waals surface area (Å²) in [5.41, 5.74) is 3.66. The number of thiophene rings is 2. The average Bonchev–Trinajstić information content (AvgIpc) is 2.93. The molecule has 0 saturated heterocycles. The highest BCUT2D eigenvalue weighted by Crippen LogP contribution is 2.41. The largest absolute Gasteiger partial charge is 0.143 e. The summed E-state index contributed by atoms with van der Waals surface area (Å²) in [7, 11) is 0. The third-order valence-corrected chi connectivity index (χ3v) is 7.08. The second kappa shape index (κ2) is 5.21. The lowest BCUT2D eigenvalue weighted by Gasteiger charge is -2.13. The Morgan fingerprint density at radius 2 is 1.89 bits per heavy atom. The monoisotopic (exact) mass is 370 g/mol. The Labute approximate surface area is 134 Å². The lowest BCUT2D eigenvalue weighted by Crippen LogP contribution is -1.95. The van der Waals surface area contributed by atoms with E-state index in [0.717, 1.165) is 10.6 Å². The summed E-state index contributed by atoms with van der Waals surface area (Å²) < 4.78 is 2.74. The van der Waals surface area contributed by atoms with Gasteiger partial charge in [-0.05, 0) is 54.1 Å². The van der Waals surface area contributed by atoms with Gasteiger partial charge in [-0.2, -0.15) is 0 Å². The number of fused-ring (bicyclic) bond motifs is 1. The van der Waals surface area contributed by atoms with Crippen LogP contribution in [0.4, 0.5) is 0 Å². The van der Waals surface area contributed by atoms with Crippen LogP contribution in [0.2, 0.25) is 5.02 Å². The molecule has 0 saturated carbocycles. The van der Waals surface area contributed by atoms with E-state index in [1.165, 1.54) is 25.4 Å². The molecule has 2 aromatic heterocycles. The smallest absolute Gasteiger partial charge is 0.0741 e. The van der Waals surface area contributed by atoms with Crippen molar-refractivity contribution in [1.82, 2.24) is 0 Å². The molecule has 0 radical (unpaired) electrons. The van der Waals surface area contributed by atoms with E-state index in [-0.39, 0.29) is 4.83 Å². The van der Waals surface area contributed by atoms with Crippen LogP contribution >= 0.6 is 50.2 Å². The molecule has 3 rings (SSSR count). The molecule has 98 valence electrons. The molecule has 2 heterocycles. The van der Waals surface area contributed by atoms with Crippen molar-refractivity contribution < 1.29 is 0 Å². The molecular formula is C15H12BrClS2. The molecule has 0 N–H and O–H groups in total. The number of alkyl halides is 1. The molecule has 19 heavy (non-hydrogen) atoms. The number of hydrogen-bond donors (Lipinski definition) is 0. The Morgan fingerprint density at radius 1 is 1.11 bits per heavy atom. The van der Waals surface area contributed by atoms with E-state index in [2.05, 4.69) is 59.4 Å². The number of hydrogen-bond acceptors (Lipinski definition) is 2. The Bertz CT molecular complexity index is 713. The van der Waals surface area contributed by atoms with Gasteiger partial charge >= 0.3 is 0 Å². The Kier molecular flexibility index (Phi) is 3.73. The van der Waals surface area contributed by atoms with Gasteiger partial charge in [0.25, 0.3) is 0 Å². The van der Waals surface area contributed by atoms with Gasteiger partial charge in [-0.3, -0.25) is 0 Å². The standard InChI is InChI=1S/C15H12BrClS2/c1-8-6-11(17)9(2)5-10(8)15(16)14-7-13-12(19-14)3-4-18-13/h3-7,15H,1-2H3. The Hall–Kier alpha value is -0.350. The molecule has 1 unspecified atom stereocenters. The van der Waals surface area contributed by atoms with Crippen molar-refractivity contribution in [3.63, 3.8) is 0 Å². The zero-order chi connectivity index (χ0) is 13.6. The topological polar surface area (TPSA) is 0 Å². The van der Waals surface area contributed by atoms with Crippen LogP contribution in [0, 0.1) is 13.8 Å². The van der Waals surface area contributed by atoms with Crippen molar-refractivity contribution in [3.8, 4) is 0 Å². The molecule has 4 heteroatoms. The lowest BCUT2D eigenvalue weighted by atomic mass is 10.0. The normalized spacial score (nSPS) is 13.1. The van der Waals surface area contributed by atoms with Crippen molar-refractivity contribution in [3.05, 3.63) is 56.2 Å². The van der Waals surface area contributed by atoms with Crippen LogP contribution in [0.1, 0.15) is 26.4 Å². The molecule has 0 aliphatic heterocycles. The molecule has 0 fully saturated rings. The Balaban J connectivity index is 2.06. The first-order chi connectivity index (χ1) is 9.06. The molecule has 0 amide bonds. The summed E-state index contributed by atoms with van der Waals surface area (Å²) in [6, 6.07) is 8.71. The van der Waals surface area contributed by atoms with Crippen LogP contribution in [0.5, 0.6) is 0 Å². The van der Waals surface area contributed by atoms with Gasteiger partial charge in [0.05, 0.1) is 4.83 Å². The van der Waals surface area contributed by atoms with Crippen molar-refractivity contribution >= 4 is 59.6 Å². The van der Waals surface area contributed by atoms with Crippen LogP contribution in [0.25, 0.3) is 9.40 Å². The van der Waals surface area contributed by atoms with Gasteiger partial charge in [0, 0.05) is 19.3 Å². The third-order valence-electron chi connectivity index (χ3n) is 3.23. The fourth-order valence-electron chi connectivity index (χ4n) is 2.14. The van der Waals surface area contributed by atoms with Gasteiger partial charge < -0.3 is 0 Å². The van der Waals surface area contributed by atoms with E-state index in [1.807, 2.05) is 11.3 Å². The molecule has 1 aromatic carbocycles. The molecule has 0 nitrogen and oxygen atoms in total. The van der Waals surface area contributed by atoms with Gasteiger partial charge in [-0.1, -0.05) is 33.6 Å². The molecule has 0 bridgehead atoms. The number of halogens is 2. The molecule has 1 atom stereocenters. The van der Waals surface area contributed by atoms with Gasteiger partial charge in [-0.15, -0.1) is 22.7 Å². The Morgan fingerprint density at radius 3 is 2.63 bits per heavy atom. The minimum absolute atomic E-state index is 0.244. The van der Waals surface area contributed by atoms with Crippen molar-refractivity contribution in [2.24, 2.45) is 0 Å². The van der Waals surface area contributed by atoms with E-state index >= 15 is 0 Å². The maximum absolute atomic E-state index is 6.17. The van der Waals surface area contributed by atoms with Crippen LogP contribution in [0.3, 0.4) is 0 Å². The first-order valence-electron chi connectivity index (χ1n) is 5.94. The highest BCUT2D eigenvalue weighted by molar-refractivity contribution is 9.09. The maximum atomic E-state index is 6.17. The lowest BCUT2D eigenvalue weighted by molar-refractivity contribution is 1.17. The van der Waals surface area contributed by atoms with Gasteiger partial charge in [0.2, 0.25) is 0 Å². The average molecular weight is 372 g/mol. The first-order valence-corrected chi connectivity index (χ1v) is 8.93. The first kappa shape index (κ1) is 13.6. The van der Waals surface area contributed by atoms with E-state index in [0.29, 0.717) is 0 Å². The van der Waals surface area contributed by atoms with Gasteiger partial charge in [0.1, 0.15) is 0 Å².